The van der Waals surface area contributed by atoms with Gasteiger partial charge in [-0.2, -0.15) is 4.98 Å². The van der Waals surface area contributed by atoms with Crippen molar-refractivity contribution in [1.82, 2.24) is 4.98 Å². The minimum absolute atomic E-state index is 0.0765. The van der Waals surface area contributed by atoms with Crippen LogP contribution in [-0.2, 0) is 9.84 Å². The van der Waals surface area contributed by atoms with Crippen LogP contribution >= 0.6 is 0 Å². The summed E-state index contributed by atoms with van der Waals surface area (Å²) in [5.74, 6) is 2.25. The number of hydrogen-bond acceptors (Lipinski definition) is 8. The normalized spacial score (nSPS) is 15.9. The Hall–Kier alpha value is -3.20. The largest absolute Gasteiger partial charge is 0.494 e. The lowest BCUT2D eigenvalue weighted by Gasteiger charge is -2.26. The van der Waals surface area contributed by atoms with Crippen molar-refractivity contribution in [2.75, 3.05) is 37.8 Å². The molecule has 9 heteroatoms. The fourth-order valence-electron chi connectivity index (χ4n) is 4.11. The van der Waals surface area contributed by atoms with Gasteiger partial charge in [-0.1, -0.05) is 6.92 Å². The van der Waals surface area contributed by atoms with E-state index in [2.05, 4.69) is 4.98 Å². The number of oxazole rings is 1. The first-order valence-electron chi connectivity index (χ1n) is 11.7. The highest BCUT2D eigenvalue weighted by Gasteiger charge is 2.33. The predicted octanol–water partition coefficient (Wildman–Crippen LogP) is 4.72. The molecule has 0 radical (unpaired) electrons. The minimum atomic E-state index is -3.97. The van der Waals surface area contributed by atoms with Crippen LogP contribution in [0.4, 0.5) is 5.88 Å². The summed E-state index contributed by atoms with van der Waals surface area (Å²) in [6.07, 6.45) is 3.98. The van der Waals surface area contributed by atoms with Crippen molar-refractivity contribution in [3.05, 3.63) is 42.5 Å². The number of sulfone groups is 1. The molecule has 1 fully saturated rings. The van der Waals surface area contributed by atoms with E-state index < -0.39 is 9.84 Å². The summed E-state index contributed by atoms with van der Waals surface area (Å²) in [4.78, 5) is 6.57. The molecule has 0 bridgehead atoms. The summed E-state index contributed by atoms with van der Waals surface area (Å²) in [6, 6.07) is 12.0. The van der Waals surface area contributed by atoms with E-state index in [-0.39, 0.29) is 21.7 Å². The molecule has 1 aromatic heterocycles. The number of piperidine rings is 1. The van der Waals surface area contributed by atoms with Gasteiger partial charge in [0.05, 0.1) is 11.5 Å². The fourth-order valence-corrected chi connectivity index (χ4v) is 5.45. The molecule has 3 heterocycles. The lowest BCUT2D eigenvalue weighted by molar-refractivity contribution is 0.171. The first kappa shape index (κ1) is 22.6. The molecule has 0 unspecified atom stereocenters. The van der Waals surface area contributed by atoms with Crippen LogP contribution in [0.15, 0.2) is 56.8 Å². The van der Waals surface area contributed by atoms with Crippen LogP contribution in [0.1, 0.15) is 32.6 Å². The van der Waals surface area contributed by atoms with E-state index in [0.717, 1.165) is 44.5 Å². The van der Waals surface area contributed by atoms with Crippen LogP contribution in [0.5, 0.6) is 17.2 Å². The van der Waals surface area contributed by atoms with Crippen molar-refractivity contribution >= 4 is 15.7 Å². The smallest absolute Gasteiger partial charge is 0.236 e. The molecule has 3 aromatic rings. The zero-order valence-electron chi connectivity index (χ0n) is 19.2. The second kappa shape index (κ2) is 9.58. The van der Waals surface area contributed by atoms with Crippen molar-refractivity contribution in [3.8, 4) is 28.7 Å². The molecular weight excluding hydrogens is 456 g/mol. The Morgan fingerprint density at radius 1 is 0.971 bits per heavy atom. The molecular formula is C25H28N2O6S. The van der Waals surface area contributed by atoms with Gasteiger partial charge in [0, 0.05) is 24.7 Å². The van der Waals surface area contributed by atoms with Gasteiger partial charge >= 0.3 is 0 Å². The summed E-state index contributed by atoms with van der Waals surface area (Å²) in [7, 11) is -3.97. The highest BCUT2D eigenvalue weighted by atomic mass is 32.2. The molecule has 1 saturated heterocycles. The molecule has 0 aliphatic carbocycles. The third kappa shape index (κ3) is 4.44. The Morgan fingerprint density at radius 3 is 2.44 bits per heavy atom. The van der Waals surface area contributed by atoms with E-state index >= 15 is 0 Å². The van der Waals surface area contributed by atoms with Crippen molar-refractivity contribution in [2.24, 2.45) is 0 Å². The predicted molar refractivity (Wildman–Crippen MR) is 127 cm³/mol. The molecule has 5 rings (SSSR count). The van der Waals surface area contributed by atoms with Crippen LogP contribution in [0.25, 0.3) is 11.5 Å². The van der Waals surface area contributed by atoms with Gasteiger partial charge < -0.3 is 23.5 Å². The summed E-state index contributed by atoms with van der Waals surface area (Å²) < 4.78 is 50.4. The number of nitrogens with zero attached hydrogens (tertiary/aromatic N) is 2. The quantitative estimate of drug-likeness (QED) is 0.476. The maximum absolute atomic E-state index is 13.7. The van der Waals surface area contributed by atoms with Gasteiger partial charge in [0.1, 0.15) is 19.0 Å². The SMILES string of the molecule is CCCOc1ccc(-c2nc(S(=O)(=O)c3ccc4c(c3)OCCO4)c(N3CCCCC3)o2)cc1. The zero-order valence-corrected chi connectivity index (χ0v) is 20.0. The lowest BCUT2D eigenvalue weighted by Crippen LogP contribution is -2.30. The van der Waals surface area contributed by atoms with Gasteiger partial charge in [-0.25, -0.2) is 8.42 Å². The molecule has 0 amide bonds. The van der Waals surface area contributed by atoms with E-state index in [1.165, 1.54) is 12.1 Å². The summed E-state index contributed by atoms with van der Waals surface area (Å²) in [6.45, 7) is 4.95. The second-order valence-corrected chi connectivity index (χ2v) is 10.2. The minimum Gasteiger partial charge on any atom is -0.494 e. The first-order valence-corrected chi connectivity index (χ1v) is 13.2. The standard InChI is InChI=1S/C25H28N2O6S/c1-2-14-30-19-8-6-18(7-9-19)23-26-24(25(33-23)27-12-4-3-5-13-27)34(28,29)20-10-11-21-22(17-20)32-16-15-31-21/h6-11,17H,2-5,12-16H2,1H3. The first-order chi connectivity index (χ1) is 16.6. The molecule has 0 atom stereocenters. The Morgan fingerprint density at radius 2 is 1.71 bits per heavy atom. The molecule has 0 spiro atoms. The van der Waals surface area contributed by atoms with E-state index in [1.54, 1.807) is 6.07 Å². The molecule has 34 heavy (non-hydrogen) atoms. The number of rotatable bonds is 7. The topological polar surface area (TPSA) is 91.1 Å². The Labute approximate surface area is 199 Å². The molecule has 8 nitrogen and oxygen atoms in total. The maximum Gasteiger partial charge on any atom is 0.236 e. The maximum atomic E-state index is 13.7. The zero-order chi connectivity index (χ0) is 23.5. The van der Waals surface area contributed by atoms with Gasteiger partial charge in [0.2, 0.25) is 26.6 Å². The van der Waals surface area contributed by atoms with Crippen LogP contribution in [-0.4, -0.2) is 46.3 Å². The van der Waals surface area contributed by atoms with Crippen LogP contribution < -0.4 is 19.1 Å². The lowest BCUT2D eigenvalue weighted by atomic mass is 10.1. The van der Waals surface area contributed by atoms with Crippen molar-refractivity contribution in [3.63, 3.8) is 0 Å². The number of aromatic nitrogens is 1. The second-order valence-electron chi connectivity index (χ2n) is 8.36. The van der Waals surface area contributed by atoms with E-state index in [1.807, 2.05) is 36.1 Å². The van der Waals surface area contributed by atoms with E-state index in [4.69, 9.17) is 18.6 Å². The summed E-state index contributed by atoms with van der Waals surface area (Å²) >= 11 is 0. The van der Waals surface area contributed by atoms with Gasteiger partial charge in [-0.05, 0) is 62.1 Å². The van der Waals surface area contributed by atoms with Gasteiger partial charge in [-0.3, -0.25) is 0 Å². The molecule has 2 aromatic carbocycles. The van der Waals surface area contributed by atoms with Gasteiger partial charge in [0.25, 0.3) is 0 Å². The molecule has 2 aliphatic heterocycles. The van der Waals surface area contributed by atoms with E-state index in [0.29, 0.717) is 36.9 Å². The average molecular weight is 485 g/mol. The van der Waals surface area contributed by atoms with Gasteiger partial charge in [0.15, 0.2) is 11.5 Å². The van der Waals surface area contributed by atoms with Gasteiger partial charge in [-0.15, -0.1) is 0 Å². The van der Waals surface area contributed by atoms with Crippen molar-refractivity contribution < 1.29 is 27.0 Å². The fraction of sp³-hybridized carbons (Fsp3) is 0.400. The number of anilines is 1. The Kier molecular flexibility index (Phi) is 6.36. The number of hydrogen-bond donors (Lipinski definition) is 0. The third-order valence-corrected chi connectivity index (χ3v) is 7.52. The monoisotopic (exact) mass is 484 g/mol. The van der Waals surface area contributed by atoms with Crippen LogP contribution in [0.3, 0.4) is 0 Å². The van der Waals surface area contributed by atoms with Crippen molar-refractivity contribution in [1.29, 1.82) is 0 Å². The molecule has 0 N–H and O–H groups in total. The van der Waals surface area contributed by atoms with E-state index in [9.17, 15) is 8.42 Å². The average Bonchev–Trinajstić information content (AvgIpc) is 3.34. The number of ether oxygens (including phenoxy) is 3. The van der Waals surface area contributed by atoms with Crippen molar-refractivity contribution in [2.45, 2.75) is 42.5 Å². The molecule has 2 aliphatic rings. The number of benzene rings is 2. The molecule has 180 valence electrons. The summed E-state index contributed by atoms with van der Waals surface area (Å²) in [5, 5.41) is -0.0765. The summed E-state index contributed by atoms with van der Waals surface area (Å²) in [5.41, 5.74) is 0.686. The third-order valence-electron chi connectivity index (χ3n) is 5.88. The highest BCUT2D eigenvalue weighted by molar-refractivity contribution is 7.91. The Bertz CT molecular complexity index is 1250. The van der Waals surface area contributed by atoms with Crippen LogP contribution in [0.2, 0.25) is 0 Å². The highest BCUT2D eigenvalue weighted by Crippen LogP contribution is 2.39. The Balaban J connectivity index is 1.54. The number of fused-ring (bicyclic) bond motifs is 1. The van der Waals surface area contributed by atoms with Crippen LogP contribution in [0, 0.1) is 0 Å². The molecule has 0 saturated carbocycles.